The monoisotopic (exact) mass is 286 g/mol. The van der Waals surface area contributed by atoms with Gasteiger partial charge in [-0.15, -0.1) is 0 Å². The number of carbonyl (C=O) groups is 1. The number of nitrogens with one attached hydrogen (secondary N) is 1. The van der Waals surface area contributed by atoms with Crippen LogP contribution in [0.4, 0.5) is 15.8 Å². The second kappa shape index (κ2) is 8.34. The third kappa shape index (κ3) is 4.67. The summed E-state index contributed by atoms with van der Waals surface area (Å²) >= 11 is 0. The van der Waals surface area contributed by atoms with Crippen molar-refractivity contribution in [1.82, 2.24) is 0 Å². The Morgan fingerprint density at radius 2 is 2.15 bits per heavy atom. The van der Waals surface area contributed by atoms with Gasteiger partial charge < -0.3 is 25.6 Å². The molecule has 4 N–H and O–H groups in total. The number of halogens is 1. The first-order valence-corrected chi connectivity index (χ1v) is 6.19. The van der Waals surface area contributed by atoms with Crippen molar-refractivity contribution >= 4 is 17.3 Å². The summed E-state index contributed by atoms with van der Waals surface area (Å²) in [5, 5.41) is 12.0. The molecule has 7 heteroatoms. The maximum absolute atomic E-state index is 13.2. The van der Waals surface area contributed by atoms with E-state index in [0.29, 0.717) is 38.5 Å². The zero-order chi connectivity index (χ0) is 15.0. The second-order valence-corrected chi connectivity index (χ2v) is 4.07. The predicted molar refractivity (Wildman–Crippen MR) is 73.6 cm³/mol. The Morgan fingerprint density at radius 3 is 2.80 bits per heavy atom. The van der Waals surface area contributed by atoms with Gasteiger partial charge in [0, 0.05) is 20.3 Å². The van der Waals surface area contributed by atoms with Gasteiger partial charge in [0.15, 0.2) is 0 Å². The summed E-state index contributed by atoms with van der Waals surface area (Å²) in [4.78, 5) is 11.1. The molecule has 0 unspecified atom stereocenters. The van der Waals surface area contributed by atoms with Gasteiger partial charge in [-0.25, -0.2) is 9.18 Å². The molecular formula is C13H19FN2O4. The highest BCUT2D eigenvalue weighted by Crippen LogP contribution is 2.25. The number of anilines is 2. The van der Waals surface area contributed by atoms with Gasteiger partial charge in [0.1, 0.15) is 11.4 Å². The summed E-state index contributed by atoms with van der Waals surface area (Å²) in [5.41, 5.74) is 5.13. The van der Waals surface area contributed by atoms with Gasteiger partial charge in [-0.1, -0.05) is 0 Å². The molecule has 0 aromatic heterocycles. The number of hydrogen-bond donors (Lipinski definition) is 3. The van der Waals surface area contributed by atoms with Crippen LogP contribution in [0.15, 0.2) is 12.1 Å². The molecule has 0 bridgehead atoms. The number of carboxylic acid groups (broad SMARTS) is 1. The number of hydrogen-bond acceptors (Lipinski definition) is 5. The summed E-state index contributed by atoms with van der Waals surface area (Å²) < 4.78 is 23.3. The molecule has 0 saturated carbocycles. The van der Waals surface area contributed by atoms with Gasteiger partial charge in [-0.3, -0.25) is 0 Å². The van der Waals surface area contributed by atoms with Crippen LogP contribution in [0, 0.1) is 5.82 Å². The van der Waals surface area contributed by atoms with E-state index in [0.717, 1.165) is 6.07 Å². The summed E-state index contributed by atoms with van der Waals surface area (Å²) in [6.45, 7) is 2.07. The summed E-state index contributed by atoms with van der Waals surface area (Å²) in [7, 11) is 1.59. The lowest BCUT2D eigenvalue weighted by Gasteiger charge is -2.12. The molecule has 0 aliphatic rings. The highest BCUT2D eigenvalue weighted by Gasteiger charge is 2.16. The maximum Gasteiger partial charge on any atom is 0.340 e. The number of aromatic carboxylic acids is 1. The molecule has 0 spiro atoms. The Kier molecular flexibility index (Phi) is 6.75. The normalized spacial score (nSPS) is 10.5. The summed E-state index contributed by atoms with van der Waals surface area (Å²) in [5.74, 6) is -2.00. The lowest BCUT2D eigenvalue weighted by molar-refractivity contribution is 0.0698. The molecule has 0 atom stereocenters. The average molecular weight is 286 g/mol. The topological polar surface area (TPSA) is 93.8 Å². The van der Waals surface area contributed by atoms with Gasteiger partial charge >= 0.3 is 5.97 Å². The standard InChI is InChI=1S/C13H19FN2O4/c1-19-7-8-20-6-2-5-16-10-4-3-9(14)12(15)11(10)13(17)18/h3-4,16H,2,5-8,15H2,1H3,(H,17,18). The zero-order valence-electron chi connectivity index (χ0n) is 11.3. The number of nitrogens with two attached hydrogens (primary N) is 1. The second-order valence-electron chi connectivity index (χ2n) is 4.07. The molecule has 1 rings (SSSR count). The van der Waals surface area contributed by atoms with Crippen molar-refractivity contribution in [2.24, 2.45) is 0 Å². The zero-order valence-corrected chi connectivity index (χ0v) is 11.3. The van der Waals surface area contributed by atoms with Crippen LogP contribution in [-0.4, -0.2) is 44.6 Å². The van der Waals surface area contributed by atoms with Crippen LogP contribution in [0.5, 0.6) is 0 Å². The first kappa shape index (κ1) is 16.2. The molecule has 6 nitrogen and oxygen atoms in total. The highest BCUT2D eigenvalue weighted by molar-refractivity contribution is 6.00. The fourth-order valence-electron chi connectivity index (χ4n) is 1.61. The molecule has 20 heavy (non-hydrogen) atoms. The van der Waals surface area contributed by atoms with Crippen LogP contribution in [0.3, 0.4) is 0 Å². The molecule has 1 aromatic rings. The molecule has 0 amide bonds. The van der Waals surface area contributed by atoms with E-state index in [4.69, 9.17) is 20.3 Å². The molecule has 1 aromatic carbocycles. The average Bonchev–Trinajstić information content (AvgIpc) is 2.41. The quantitative estimate of drug-likeness (QED) is 0.471. The molecule has 0 fully saturated rings. The van der Waals surface area contributed by atoms with Crippen molar-refractivity contribution < 1.29 is 23.8 Å². The fourth-order valence-corrected chi connectivity index (χ4v) is 1.61. The van der Waals surface area contributed by atoms with Gasteiger partial charge in [0.05, 0.1) is 24.6 Å². The third-order valence-electron chi connectivity index (χ3n) is 2.62. The van der Waals surface area contributed by atoms with Crippen LogP contribution < -0.4 is 11.1 Å². The Morgan fingerprint density at radius 1 is 1.40 bits per heavy atom. The van der Waals surface area contributed by atoms with E-state index in [9.17, 15) is 9.18 Å². The molecule has 0 saturated heterocycles. The third-order valence-corrected chi connectivity index (χ3v) is 2.62. The van der Waals surface area contributed by atoms with Crippen LogP contribution in [0.1, 0.15) is 16.8 Å². The first-order chi connectivity index (χ1) is 9.57. The molecule has 0 radical (unpaired) electrons. The minimum Gasteiger partial charge on any atom is -0.478 e. The molecule has 0 aliphatic carbocycles. The number of carboxylic acids is 1. The minimum absolute atomic E-state index is 0.245. The number of benzene rings is 1. The smallest absolute Gasteiger partial charge is 0.340 e. The van der Waals surface area contributed by atoms with E-state index in [-0.39, 0.29) is 11.3 Å². The summed E-state index contributed by atoms with van der Waals surface area (Å²) in [6.07, 6.45) is 0.681. The van der Waals surface area contributed by atoms with Crippen LogP contribution in [0.2, 0.25) is 0 Å². The Hall–Kier alpha value is -1.86. The van der Waals surface area contributed by atoms with E-state index < -0.39 is 11.8 Å². The SMILES string of the molecule is COCCOCCCNc1ccc(F)c(N)c1C(=O)O. The molecule has 0 heterocycles. The lowest BCUT2D eigenvalue weighted by atomic mass is 10.1. The van der Waals surface area contributed by atoms with Crippen molar-refractivity contribution in [1.29, 1.82) is 0 Å². The van der Waals surface area contributed by atoms with Gasteiger partial charge in [0.2, 0.25) is 0 Å². The van der Waals surface area contributed by atoms with E-state index >= 15 is 0 Å². The van der Waals surface area contributed by atoms with Crippen molar-refractivity contribution in [3.05, 3.63) is 23.5 Å². The maximum atomic E-state index is 13.2. The molecule has 112 valence electrons. The molecule has 0 aliphatic heterocycles. The van der Waals surface area contributed by atoms with Crippen molar-refractivity contribution in [3.63, 3.8) is 0 Å². The van der Waals surface area contributed by atoms with Gasteiger partial charge in [0.25, 0.3) is 0 Å². The number of methoxy groups -OCH3 is 1. The predicted octanol–water partition coefficient (Wildman–Crippen LogP) is 1.57. The van der Waals surface area contributed by atoms with E-state index in [1.165, 1.54) is 6.07 Å². The van der Waals surface area contributed by atoms with Crippen molar-refractivity contribution in [2.75, 3.05) is 44.5 Å². The minimum atomic E-state index is -1.26. The van der Waals surface area contributed by atoms with E-state index in [1.54, 1.807) is 7.11 Å². The highest BCUT2D eigenvalue weighted by atomic mass is 19.1. The number of rotatable bonds is 9. The Bertz CT molecular complexity index is 454. The summed E-state index contributed by atoms with van der Waals surface area (Å²) in [6, 6.07) is 2.50. The van der Waals surface area contributed by atoms with Gasteiger partial charge in [-0.05, 0) is 18.6 Å². The van der Waals surface area contributed by atoms with Crippen LogP contribution >= 0.6 is 0 Å². The van der Waals surface area contributed by atoms with Crippen molar-refractivity contribution in [2.45, 2.75) is 6.42 Å². The number of ether oxygens (including phenoxy) is 2. The van der Waals surface area contributed by atoms with E-state index in [2.05, 4.69) is 5.32 Å². The van der Waals surface area contributed by atoms with E-state index in [1.807, 2.05) is 0 Å². The number of nitrogen functional groups attached to an aromatic ring is 1. The Labute approximate surface area is 116 Å². The largest absolute Gasteiger partial charge is 0.478 e. The van der Waals surface area contributed by atoms with Gasteiger partial charge in [-0.2, -0.15) is 0 Å². The van der Waals surface area contributed by atoms with Crippen molar-refractivity contribution in [3.8, 4) is 0 Å². The Balaban J connectivity index is 2.48. The fraction of sp³-hybridized carbons (Fsp3) is 0.462. The molecular weight excluding hydrogens is 267 g/mol. The lowest BCUT2D eigenvalue weighted by Crippen LogP contribution is -2.13. The van der Waals surface area contributed by atoms with Crippen LogP contribution in [0.25, 0.3) is 0 Å². The van der Waals surface area contributed by atoms with Crippen LogP contribution in [-0.2, 0) is 9.47 Å². The first-order valence-electron chi connectivity index (χ1n) is 6.19.